The van der Waals surface area contributed by atoms with E-state index in [0.29, 0.717) is 13.1 Å². The van der Waals surface area contributed by atoms with Gasteiger partial charge in [-0.3, -0.25) is 9.69 Å². The van der Waals surface area contributed by atoms with Crippen LogP contribution in [-0.4, -0.2) is 36.6 Å². The highest BCUT2D eigenvalue weighted by molar-refractivity contribution is 5.83. The molecule has 5 rings (SSSR count). The van der Waals surface area contributed by atoms with Gasteiger partial charge in [0.15, 0.2) is 5.82 Å². The lowest BCUT2D eigenvalue weighted by molar-refractivity contribution is 0.172. The van der Waals surface area contributed by atoms with Crippen molar-refractivity contribution in [3.05, 3.63) is 123 Å². The number of benzene rings is 3. The zero-order valence-electron chi connectivity index (χ0n) is 22.3. The fourth-order valence-corrected chi connectivity index (χ4v) is 5.09. The lowest BCUT2D eigenvalue weighted by Crippen LogP contribution is -2.34. The summed E-state index contributed by atoms with van der Waals surface area (Å²) in [4.78, 5) is 18.8. The molecule has 194 valence electrons. The molecular formula is C31H34N6O. The third-order valence-electron chi connectivity index (χ3n) is 7.39. The molecule has 38 heavy (non-hydrogen) atoms. The smallest absolute Gasteiger partial charge is 0.252 e. The van der Waals surface area contributed by atoms with Crippen LogP contribution < -0.4 is 5.56 Å². The van der Waals surface area contributed by atoms with E-state index in [1.807, 2.05) is 35.0 Å². The van der Waals surface area contributed by atoms with Crippen molar-refractivity contribution in [2.45, 2.75) is 52.7 Å². The van der Waals surface area contributed by atoms with Crippen LogP contribution in [0.15, 0.2) is 83.7 Å². The van der Waals surface area contributed by atoms with Crippen LogP contribution in [0.25, 0.3) is 10.9 Å². The third kappa shape index (κ3) is 5.58. The van der Waals surface area contributed by atoms with E-state index in [1.54, 1.807) is 0 Å². The van der Waals surface area contributed by atoms with Crippen LogP contribution in [0.1, 0.15) is 53.0 Å². The maximum Gasteiger partial charge on any atom is 0.252 e. The van der Waals surface area contributed by atoms with Gasteiger partial charge in [-0.1, -0.05) is 79.7 Å². The predicted octanol–water partition coefficient (Wildman–Crippen LogP) is 5.38. The second-order valence-corrected chi connectivity index (χ2v) is 9.91. The van der Waals surface area contributed by atoms with E-state index < -0.39 is 0 Å². The third-order valence-corrected chi connectivity index (χ3v) is 7.39. The van der Waals surface area contributed by atoms with Crippen molar-refractivity contribution in [3.63, 3.8) is 0 Å². The highest BCUT2D eigenvalue weighted by atomic mass is 16.1. The summed E-state index contributed by atoms with van der Waals surface area (Å²) in [6, 6.07) is 26.9. The summed E-state index contributed by atoms with van der Waals surface area (Å²) in [6.45, 7) is 8.14. The zero-order chi connectivity index (χ0) is 26.5. The first-order valence-corrected chi connectivity index (χ1v) is 13.2. The molecule has 2 heterocycles. The van der Waals surface area contributed by atoms with E-state index >= 15 is 0 Å². The van der Waals surface area contributed by atoms with Gasteiger partial charge in [0.1, 0.15) is 0 Å². The van der Waals surface area contributed by atoms with Gasteiger partial charge < -0.3 is 4.98 Å². The Balaban J connectivity index is 1.49. The van der Waals surface area contributed by atoms with E-state index in [1.165, 1.54) is 11.1 Å². The highest BCUT2D eigenvalue weighted by Crippen LogP contribution is 2.26. The van der Waals surface area contributed by atoms with Gasteiger partial charge in [-0.2, -0.15) is 0 Å². The number of fused-ring (bicyclic) bond motifs is 1. The molecule has 0 fully saturated rings. The number of nitrogens with one attached hydrogen (secondary N) is 1. The zero-order valence-corrected chi connectivity index (χ0v) is 22.3. The van der Waals surface area contributed by atoms with Crippen molar-refractivity contribution in [2.24, 2.45) is 0 Å². The molecule has 5 aromatic rings. The number of aromatic amines is 1. The monoisotopic (exact) mass is 506 g/mol. The Kier molecular flexibility index (Phi) is 7.75. The summed E-state index contributed by atoms with van der Waals surface area (Å²) in [6.07, 6.45) is 1.68. The van der Waals surface area contributed by atoms with Gasteiger partial charge >= 0.3 is 0 Å². The molecule has 0 bridgehead atoms. The van der Waals surface area contributed by atoms with Crippen molar-refractivity contribution >= 4 is 10.9 Å². The number of aromatic nitrogens is 5. The Morgan fingerprint density at radius 2 is 1.66 bits per heavy atom. The molecule has 2 aromatic heterocycles. The standard InChI is InChI=1S/C31H34N6O/c1-4-28(30-33-34-35-37(30)20-25-13-9-6-10-14-25)36(18-17-24-11-7-5-8-12-24)21-27-19-26-16-15-22(2)23(3)29(26)32-31(27)38/h5-16,19,28H,4,17-18,20-21H2,1-3H3,(H,32,38)/t28-/m1/s1. The fraction of sp³-hybridized carbons (Fsp3) is 0.290. The minimum absolute atomic E-state index is 0.0466. The second kappa shape index (κ2) is 11.5. The molecule has 0 unspecified atom stereocenters. The molecule has 0 aliphatic heterocycles. The summed E-state index contributed by atoms with van der Waals surface area (Å²) >= 11 is 0. The minimum Gasteiger partial charge on any atom is -0.321 e. The lowest BCUT2D eigenvalue weighted by atomic mass is 10.0. The molecular weight excluding hydrogens is 472 g/mol. The van der Waals surface area contributed by atoms with E-state index in [0.717, 1.165) is 52.8 Å². The van der Waals surface area contributed by atoms with Gasteiger partial charge in [-0.05, 0) is 70.8 Å². The Labute approximate surface area is 223 Å². The SMILES string of the molecule is CC[C@H](c1nnnn1Cc1ccccc1)N(CCc1ccccc1)Cc1cc2ccc(C)c(C)c2[nH]c1=O. The molecule has 0 amide bonds. The van der Waals surface area contributed by atoms with E-state index in [9.17, 15) is 4.79 Å². The van der Waals surface area contributed by atoms with Crippen LogP contribution in [0.5, 0.6) is 0 Å². The van der Waals surface area contributed by atoms with Crippen LogP contribution in [0.3, 0.4) is 0 Å². The number of pyridine rings is 1. The van der Waals surface area contributed by atoms with Gasteiger partial charge in [-0.15, -0.1) is 5.10 Å². The van der Waals surface area contributed by atoms with Crippen LogP contribution in [-0.2, 0) is 19.5 Å². The Morgan fingerprint density at radius 1 is 0.947 bits per heavy atom. The van der Waals surface area contributed by atoms with Crippen molar-refractivity contribution < 1.29 is 0 Å². The van der Waals surface area contributed by atoms with Gasteiger partial charge in [-0.25, -0.2) is 4.68 Å². The van der Waals surface area contributed by atoms with Gasteiger partial charge in [0.25, 0.3) is 5.56 Å². The Morgan fingerprint density at radius 3 is 2.37 bits per heavy atom. The molecule has 0 aliphatic carbocycles. The van der Waals surface area contributed by atoms with Gasteiger partial charge in [0.05, 0.1) is 18.1 Å². The number of tetrazole rings is 1. The number of hydrogen-bond donors (Lipinski definition) is 1. The molecule has 1 atom stereocenters. The average molecular weight is 507 g/mol. The van der Waals surface area contributed by atoms with Crippen LogP contribution >= 0.6 is 0 Å². The normalized spacial score (nSPS) is 12.3. The first kappa shape index (κ1) is 25.5. The Hall–Kier alpha value is -4.10. The van der Waals surface area contributed by atoms with Crippen molar-refractivity contribution in [2.75, 3.05) is 6.54 Å². The maximum atomic E-state index is 13.3. The van der Waals surface area contributed by atoms with Crippen molar-refractivity contribution in [1.82, 2.24) is 30.1 Å². The summed E-state index contributed by atoms with van der Waals surface area (Å²) in [5.74, 6) is 0.813. The molecule has 1 N–H and O–H groups in total. The molecule has 0 radical (unpaired) electrons. The van der Waals surface area contributed by atoms with E-state index in [2.05, 4.69) is 94.7 Å². The molecule has 0 spiro atoms. The van der Waals surface area contributed by atoms with Crippen LogP contribution in [0.4, 0.5) is 0 Å². The summed E-state index contributed by atoms with van der Waals surface area (Å²) < 4.78 is 1.88. The second-order valence-electron chi connectivity index (χ2n) is 9.91. The van der Waals surface area contributed by atoms with Gasteiger partial charge in [0, 0.05) is 18.7 Å². The lowest BCUT2D eigenvalue weighted by Gasteiger charge is -2.30. The Bertz CT molecular complexity index is 1560. The predicted molar refractivity (Wildman–Crippen MR) is 151 cm³/mol. The van der Waals surface area contributed by atoms with Crippen LogP contribution in [0, 0.1) is 13.8 Å². The van der Waals surface area contributed by atoms with Crippen molar-refractivity contribution in [1.29, 1.82) is 0 Å². The average Bonchev–Trinajstić information content (AvgIpc) is 3.39. The topological polar surface area (TPSA) is 79.7 Å². The van der Waals surface area contributed by atoms with E-state index in [4.69, 9.17) is 0 Å². The summed E-state index contributed by atoms with van der Waals surface area (Å²) in [5.41, 5.74) is 6.29. The first-order valence-electron chi connectivity index (χ1n) is 13.2. The van der Waals surface area contributed by atoms with Gasteiger partial charge in [0.2, 0.25) is 0 Å². The molecule has 0 saturated heterocycles. The van der Waals surface area contributed by atoms with Crippen molar-refractivity contribution in [3.8, 4) is 0 Å². The molecule has 0 aliphatic rings. The highest BCUT2D eigenvalue weighted by Gasteiger charge is 2.26. The minimum atomic E-state index is -0.0488. The van der Waals surface area contributed by atoms with E-state index in [-0.39, 0.29) is 11.6 Å². The molecule has 7 heteroatoms. The number of rotatable bonds is 10. The fourth-order valence-electron chi connectivity index (χ4n) is 5.09. The number of hydrogen-bond acceptors (Lipinski definition) is 5. The maximum absolute atomic E-state index is 13.3. The number of H-pyrrole nitrogens is 1. The first-order chi connectivity index (χ1) is 18.5. The quantitative estimate of drug-likeness (QED) is 0.275. The largest absolute Gasteiger partial charge is 0.321 e. The summed E-state index contributed by atoms with van der Waals surface area (Å²) in [7, 11) is 0. The number of nitrogens with zero attached hydrogens (tertiary/aromatic N) is 5. The molecule has 0 saturated carbocycles. The van der Waals surface area contributed by atoms with Crippen LogP contribution in [0.2, 0.25) is 0 Å². The number of aryl methyl sites for hydroxylation is 2. The summed E-state index contributed by atoms with van der Waals surface area (Å²) in [5, 5.41) is 13.9. The molecule has 7 nitrogen and oxygen atoms in total. The molecule has 3 aromatic carbocycles.